The van der Waals surface area contributed by atoms with Gasteiger partial charge in [-0.1, -0.05) is 24.3 Å². The standard InChI is InChI=1S/C25H31N3O4/c1-31-22-10-8-20(9-11-22)23(27-13-15-32-16-14-27)17-26-25(30)21-6-4-19(5-7-21)18-28-12-2-3-24(28)29/h4-11,23H,2-3,12-18H2,1H3,(H,26,30)/t23-/m1/s1. The second-order valence-electron chi connectivity index (χ2n) is 8.26. The molecule has 0 aliphatic carbocycles. The highest BCUT2D eigenvalue weighted by molar-refractivity contribution is 5.94. The van der Waals surface area contributed by atoms with E-state index in [-0.39, 0.29) is 17.9 Å². The van der Waals surface area contributed by atoms with Crippen molar-refractivity contribution >= 4 is 11.8 Å². The van der Waals surface area contributed by atoms with Gasteiger partial charge in [-0.05, 0) is 41.8 Å². The molecule has 2 aliphatic rings. The fourth-order valence-electron chi connectivity index (χ4n) is 4.32. The van der Waals surface area contributed by atoms with Crippen LogP contribution in [0.15, 0.2) is 48.5 Å². The molecule has 0 bridgehead atoms. The van der Waals surface area contributed by atoms with Crippen LogP contribution in [0.25, 0.3) is 0 Å². The molecule has 2 aromatic carbocycles. The van der Waals surface area contributed by atoms with Gasteiger partial charge >= 0.3 is 0 Å². The summed E-state index contributed by atoms with van der Waals surface area (Å²) in [5.74, 6) is 0.925. The number of nitrogens with one attached hydrogen (secondary N) is 1. The lowest BCUT2D eigenvalue weighted by molar-refractivity contribution is -0.128. The minimum atomic E-state index is -0.0967. The van der Waals surface area contributed by atoms with Gasteiger partial charge in [0.2, 0.25) is 5.91 Å². The van der Waals surface area contributed by atoms with E-state index in [2.05, 4.69) is 22.3 Å². The molecule has 2 fully saturated rings. The Kier molecular flexibility index (Phi) is 7.39. The number of hydrogen-bond donors (Lipinski definition) is 1. The minimum absolute atomic E-state index is 0.0641. The molecule has 0 aromatic heterocycles. The number of morpholine rings is 1. The maximum absolute atomic E-state index is 12.8. The number of nitrogens with zero attached hydrogens (tertiary/aromatic N) is 2. The largest absolute Gasteiger partial charge is 0.497 e. The van der Waals surface area contributed by atoms with E-state index in [0.29, 0.717) is 38.3 Å². The number of likely N-dealkylation sites (tertiary alicyclic amines) is 1. The zero-order valence-corrected chi connectivity index (χ0v) is 18.6. The van der Waals surface area contributed by atoms with Gasteiger partial charge in [0, 0.05) is 44.7 Å². The Morgan fingerprint density at radius 3 is 2.41 bits per heavy atom. The quantitative estimate of drug-likeness (QED) is 0.688. The third-order valence-corrected chi connectivity index (χ3v) is 6.20. The smallest absolute Gasteiger partial charge is 0.251 e. The third kappa shape index (κ3) is 5.47. The monoisotopic (exact) mass is 437 g/mol. The minimum Gasteiger partial charge on any atom is -0.497 e. The molecule has 0 saturated carbocycles. The zero-order valence-electron chi connectivity index (χ0n) is 18.6. The molecular weight excluding hydrogens is 406 g/mol. The number of methoxy groups -OCH3 is 1. The van der Waals surface area contributed by atoms with Gasteiger partial charge in [-0.25, -0.2) is 0 Å². The van der Waals surface area contributed by atoms with E-state index in [4.69, 9.17) is 9.47 Å². The molecule has 32 heavy (non-hydrogen) atoms. The van der Waals surface area contributed by atoms with Gasteiger partial charge in [0.1, 0.15) is 5.75 Å². The summed E-state index contributed by atoms with van der Waals surface area (Å²) in [7, 11) is 1.66. The number of rotatable bonds is 8. The van der Waals surface area contributed by atoms with E-state index in [9.17, 15) is 9.59 Å². The summed E-state index contributed by atoms with van der Waals surface area (Å²) >= 11 is 0. The fraction of sp³-hybridized carbons (Fsp3) is 0.440. The van der Waals surface area contributed by atoms with Crippen LogP contribution in [0.3, 0.4) is 0 Å². The molecule has 1 N–H and O–H groups in total. The first-order valence-electron chi connectivity index (χ1n) is 11.2. The summed E-state index contributed by atoms with van der Waals surface area (Å²) in [5.41, 5.74) is 2.80. The molecule has 1 atom stereocenters. The van der Waals surface area contributed by atoms with E-state index in [1.807, 2.05) is 41.3 Å². The van der Waals surface area contributed by atoms with Gasteiger partial charge < -0.3 is 19.7 Å². The van der Waals surface area contributed by atoms with Crippen LogP contribution in [0.1, 0.15) is 40.4 Å². The predicted octanol–water partition coefficient (Wildman–Crippen LogP) is 2.62. The van der Waals surface area contributed by atoms with Crippen molar-refractivity contribution in [2.75, 3.05) is 46.5 Å². The SMILES string of the molecule is COc1ccc([C@@H](CNC(=O)c2ccc(CN3CCCC3=O)cc2)N2CCOCC2)cc1. The average Bonchev–Trinajstić information content (AvgIpc) is 3.25. The summed E-state index contributed by atoms with van der Waals surface area (Å²) in [4.78, 5) is 28.9. The lowest BCUT2D eigenvalue weighted by Gasteiger charge is -2.35. The topological polar surface area (TPSA) is 71.1 Å². The number of hydrogen-bond acceptors (Lipinski definition) is 5. The molecule has 0 unspecified atom stereocenters. The van der Waals surface area contributed by atoms with Crippen molar-refractivity contribution < 1.29 is 19.1 Å². The summed E-state index contributed by atoms with van der Waals surface area (Å²) in [6.45, 7) is 4.98. The van der Waals surface area contributed by atoms with Gasteiger partial charge in [-0.3, -0.25) is 14.5 Å². The number of carbonyl (C=O) groups excluding carboxylic acids is 2. The zero-order chi connectivity index (χ0) is 22.3. The molecule has 2 aliphatic heterocycles. The van der Waals surface area contributed by atoms with Crippen LogP contribution in [-0.2, 0) is 16.1 Å². The van der Waals surface area contributed by atoms with E-state index in [0.717, 1.165) is 42.9 Å². The molecule has 0 radical (unpaired) electrons. The highest BCUT2D eigenvalue weighted by Gasteiger charge is 2.24. The Hall–Kier alpha value is -2.90. The van der Waals surface area contributed by atoms with Crippen LogP contribution in [0.5, 0.6) is 5.75 Å². The van der Waals surface area contributed by atoms with E-state index in [1.165, 1.54) is 0 Å². The van der Waals surface area contributed by atoms with Crippen molar-refractivity contribution in [2.24, 2.45) is 0 Å². The maximum atomic E-state index is 12.8. The van der Waals surface area contributed by atoms with Crippen LogP contribution < -0.4 is 10.1 Å². The van der Waals surface area contributed by atoms with Crippen molar-refractivity contribution in [3.8, 4) is 5.75 Å². The Morgan fingerprint density at radius 2 is 1.78 bits per heavy atom. The molecule has 170 valence electrons. The van der Waals surface area contributed by atoms with Crippen LogP contribution in [0, 0.1) is 0 Å². The van der Waals surface area contributed by atoms with Crippen molar-refractivity contribution in [2.45, 2.75) is 25.4 Å². The average molecular weight is 438 g/mol. The highest BCUT2D eigenvalue weighted by Crippen LogP contribution is 2.24. The molecule has 2 amide bonds. The number of carbonyl (C=O) groups is 2. The van der Waals surface area contributed by atoms with Gasteiger partial charge in [-0.15, -0.1) is 0 Å². The highest BCUT2D eigenvalue weighted by atomic mass is 16.5. The second kappa shape index (κ2) is 10.6. The fourth-order valence-corrected chi connectivity index (χ4v) is 4.32. The maximum Gasteiger partial charge on any atom is 0.251 e. The Balaban J connectivity index is 1.39. The van der Waals surface area contributed by atoms with Crippen LogP contribution in [-0.4, -0.2) is 68.1 Å². The number of benzene rings is 2. The van der Waals surface area contributed by atoms with Crippen molar-refractivity contribution in [3.05, 3.63) is 65.2 Å². The van der Waals surface area contributed by atoms with Gasteiger partial charge in [-0.2, -0.15) is 0 Å². The first kappa shape index (κ1) is 22.3. The van der Waals surface area contributed by atoms with E-state index in [1.54, 1.807) is 7.11 Å². The van der Waals surface area contributed by atoms with Crippen molar-refractivity contribution in [1.82, 2.24) is 15.1 Å². The first-order chi connectivity index (χ1) is 15.6. The molecule has 7 nitrogen and oxygen atoms in total. The van der Waals surface area contributed by atoms with E-state index >= 15 is 0 Å². The molecule has 4 rings (SSSR count). The molecule has 7 heteroatoms. The normalized spacial score (nSPS) is 17.9. The summed E-state index contributed by atoms with van der Waals surface area (Å²) in [6.07, 6.45) is 1.57. The molecular formula is C25H31N3O4. The lowest BCUT2D eigenvalue weighted by Crippen LogP contribution is -2.43. The molecule has 2 aromatic rings. The summed E-state index contributed by atoms with van der Waals surface area (Å²) in [5, 5.41) is 3.11. The van der Waals surface area contributed by atoms with Crippen LogP contribution in [0.2, 0.25) is 0 Å². The Labute approximate surface area is 189 Å². The Morgan fingerprint density at radius 1 is 1.06 bits per heavy atom. The third-order valence-electron chi connectivity index (χ3n) is 6.20. The molecule has 2 heterocycles. The Bertz CT molecular complexity index is 908. The van der Waals surface area contributed by atoms with Crippen molar-refractivity contribution in [3.63, 3.8) is 0 Å². The van der Waals surface area contributed by atoms with Gasteiger partial charge in [0.15, 0.2) is 0 Å². The van der Waals surface area contributed by atoms with Crippen LogP contribution >= 0.6 is 0 Å². The molecule has 2 saturated heterocycles. The predicted molar refractivity (Wildman–Crippen MR) is 122 cm³/mol. The number of amides is 2. The summed E-state index contributed by atoms with van der Waals surface area (Å²) < 4.78 is 10.8. The van der Waals surface area contributed by atoms with Gasteiger partial charge in [0.05, 0.1) is 26.4 Å². The lowest BCUT2D eigenvalue weighted by atomic mass is 10.0. The first-order valence-corrected chi connectivity index (χ1v) is 11.2. The van der Waals surface area contributed by atoms with E-state index < -0.39 is 0 Å². The van der Waals surface area contributed by atoms with Crippen LogP contribution in [0.4, 0.5) is 0 Å². The second-order valence-corrected chi connectivity index (χ2v) is 8.26. The summed E-state index contributed by atoms with van der Waals surface area (Å²) in [6, 6.07) is 15.6. The van der Waals surface area contributed by atoms with Gasteiger partial charge in [0.25, 0.3) is 5.91 Å². The number of ether oxygens (including phenoxy) is 2. The van der Waals surface area contributed by atoms with Crippen molar-refractivity contribution in [1.29, 1.82) is 0 Å². The molecule has 0 spiro atoms.